The first-order chi connectivity index (χ1) is 25.1. The maximum atomic E-state index is 14.2. The number of rotatable bonds is 12. The van der Waals surface area contributed by atoms with Crippen molar-refractivity contribution in [2.75, 3.05) is 18.0 Å². The van der Waals surface area contributed by atoms with E-state index in [1.165, 1.54) is 24.1 Å². The van der Waals surface area contributed by atoms with Crippen LogP contribution in [0.15, 0.2) is 95.9 Å². The van der Waals surface area contributed by atoms with Crippen molar-refractivity contribution in [1.82, 2.24) is 4.90 Å². The molecule has 1 aliphatic heterocycles. The molecule has 0 spiro atoms. The SMILES string of the molecule is COC(=O)[C@@H]1Cc2cc(N(CC[C@H](O)c3ccc(OCc4ccccc4)cc3)S(=O)(=O)c3ccc([N+](=O)[O-])cc3)c(O)cc2CN1C(=O)OC(C)(C)C. The fourth-order valence-corrected chi connectivity index (χ4v) is 7.33. The Labute approximate surface area is 307 Å². The first-order valence-corrected chi connectivity index (χ1v) is 18.2. The highest BCUT2D eigenvalue weighted by Gasteiger charge is 2.39. The third kappa shape index (κ3) is 9.23. The number of aromatic hydroxyl groups is 1. The number of ether oxygens (including phenoxy) is 3. The zero-order valence-electron chi connectivity index (χ0n) is 29.7. The minimum absolute atomic E-state index is 0.0821. The summed E-state index contributed by atoms with van der Waals surface area (Å²) in [6, 6.07) is 22.2. The van der Waals surface area contributed by atoms with Crippen LogP contribution in [0.4, 0.5) is 16.2 Å². The van der Waals surface area contributed by atoms with Gasteiger partial charge in [-0.05, 0) is 85.8 Å². The van der Waals surface area contributed by atoms with E-state index < -0.39 is 50.5 Å². The van der Waals surface area contributed by atoms with E-state index >= 15 is 0 Å². The fourth-order valence-electron chi connectivity index (χ4n) is 5.84. The van der Waals surface area contributed by atoms with Gasteiger partial charge in [-0.15, -0.1) is 0 Å². The smallest absolute Gasteiger partial charge is 0.411 e. The number of methoxy groups -OCH3 is 1. The minimum Gasteiger partial charge on any atom is -0.506 e. The van der Waals surface area contributed by atoms with Gasteiger partial charge in [-0.1, -0.05) is 42.5 Å². The number of esters is 1. The zero-order chi connectivity index (χ0) is 38.5. The predicted octanol–water partition coefficient (Wildman–Crippen LogP) is 6.03. The second kappa shape index (κ2) is 15.9. The molecule has 0 saturated carbocycles. The second-order valence-corrected chi connectivity index (χ2v) is 15.3. The summed E-state index contributed by atoms with van der Waals surface area (Å²) in [4.78, 5) is 37.5. The van der Waals surface area contributed by atoms with Gasteiger partial charge in [0, 0.05) is 25.1 Å². The number of amides is 1. The molecule has 1 heterocycles. The summed E-state index contributed by atoms with van der Waals surface area (Å²) >= 11 is 0. The molecule has 0 bridgehead atoms. The standard InChI is InChI=1S/C38H41N3O11S/c1-38(2,3)52-37(45)39-23-28-22-35(43)32(20-27(28)21-33(39)36(44)50-4)40(53(48,49)31-16-12-29(13-17-31)41(46)47)19-18-34(42)26-10-14-30(15-11-26)51-24-25-8-6-5-7-9-25/h5-17,20,22,33-34,42-43H,18-19,21,23-24H2,1-4H3/t33-,34-/m0/s1. The Morgan fingerprint density at radius 1 is 1.00 bits per heavy atom. The van der Waals surface area contributed by atoms with Crippen LogP contribution in [0.5, 0.6) is 11.5 Å². The summed E-state index contributed by atoms with van der Waals surface area (Å²) in [5.74, 6) is -0.600. The molecular formula is C38H41N3O11S. The molecule has 2 N–H and O–H groups in total. The molecule has 15 heteroatoms. The van der Waals surface area contributed by atoms with E-state index in [0.717, 1.165) is 34.1 Å². The molecular weight excluding hydrogens is 706 g/mol. The molecule has 0 unspecified atom stereocenters. The Hall–Kier alpha value is -5.67. The van der Waals surface area contributed by atoms with Crippen molar-refractivity contribution in [1.29, 1.82) is 0 Å². The van der Waals surface area contributed by atoms with Crippen molar-refractivity contribution in [3.8, 4) is 11.5 Å². The lowest BCUT2D eigenvalue weighted by Crippen LogP contribution is -2.50. The summed E-state index contributed by atoms with van der Waals surface area (Å²) in [5.41, 5.74) is 1.04. The summed E-state index contributed by atoms with van der Waals surface area (Å²) in [7, 11) is -3.32. The van der Waals surface area contributed by atoms with Crippen LogP contribution >= 0.6 is 0 Å². The molecule has 14 nitrogen and oxygen atoms in total. The number of fused-ring (bicyclic) bond motifs is 1. The quantitative estimate of drug-likeness (QED) is 0.0979. The molecule has 4 aromatic carbocycles. The molecule has 2 atom stereocenters. The number of phenols is 1. The number of nitro benzene ring substituents is 1. The van der Waals surface area contributed by atoms with Crippen molar-refractivity contribution in [2.24, 2.45) is 0 Å². The van der Waals surface area contributed by atoms with Crippen molar-refractivity contribution in [3.05, 3.63) is 123 Å². The van der Waals surface area contributed by atoms with Crippen molar-refractivity contribution in [2.45, 2.75) is 69.4 Å². The normalized spacial score (nSPS) is 14.8. The van der Waals surface area contributed by atoms with E-state index in [4.69, 9.17) is 14.2 Å². The van der Waals surface area contributed by atoms with Crippen LogP contribution in [0.25, 0.3) is 0 Å². The van der Waals surface area contributed by atoms with Gasteiger partial charge >= 0.3 is 12.1 Å². The molecule has 53 heavy (non-hydrogen) atoms. The lowest BCUT2D eigenvalue weighted by Gasteiger charge is -2.37. The number of aliphatic hydroxyl groups is 1. The number of nitrogens with zero attached hydrogens (tertiary/aromatic N) is 3. The number of nitro groups is 1. The lowest BCUT2D eigenvalue weighted by molar-refractivity contribution is -0.384. The first kappa shape index (κ1) is 38.6. The summed E-state index contributed by atoms with van der Waals surface area (Å²) in [6.07, 6.45) is -2.11. The third-order valence-corrected chi connectivity index (χ3v) is 10.4. The number of benzene rings is 4. The average molecular weight is 748 g/mol. The maximum absolute atomic E-state index is 14.2. The highest BCUT2D eigenvalue weighted by molar-refractivity contribution is 7.92. The summed E-state index contributed by atoms with van der Waals surface area (Å²) < 4.78 is 45.7. The van der Waals surface area contributed by atoms with Gasteiger partial charge in [-0.2, -0.15) is 0 Å². The molecule has 0 aromatic heterocycles. The molecule has 1 aliphatic rings. The topological polar surface area (TPSA) is 186 Å². The monoisotopic (exact) mass is 747 g/mol. The van der Waals surface area contributed by atoms with Crippen LogP contribution in [0, 0.1) is 10.1 Å². The van der Waals surface area contributed by atoms with E-state index in [2.05, 4.69) is 0 Å². The van der Waals surface area contributed by atoms with Crippen LogP contribution in [0.2, 0.25) is 0 Å². The average Bonchev–Trinajstić information content (AvgIpc) is 3.13. The van der Waals surface area contributed by atoms with Gasteiger partial charge < -0.3 is 24.4 Å². The molecule has 0 saturated heterocycles. The van der Waals surface area contributed by atoms with Crippen LogP contribution in [-0.2, 0) is 43.9 Å². The minimum atomic E-state index is -4.50. The number of hydrogen-bond donors (Lipinski definition) is 2. The Bertz CT molecular complexity index is 2050. The number of non-ortho nitro benzene ring substituents is 1. The number of phenolic OH excluding ortho intramolecular Hbond substituents is 1. The molecule has 0 fully saturated rings. The molecule has 1 amide bonds. The van der Waals surface area contributed by atoms with Crippen LogP contribution < -0.4 is 9.04 Å². The molecule has 0 radical (unpaired) electrons. The van der Waals surface area contributed by atoms with Gasteiger partial charge in [0.1, 0.15) is 29.7 Å². The van der Waals surface area contributed by atoms with Gasteiger partial charge in [0.05, 0.1) is 35.3 Å². The van der Waals surface area contributed by atoms with Gasteiger partial charge in [0.25, 0.3) is 15.7 Å². The number of sulfonamides is 1. The Kier molecular flexibility index (Phi) is 11.6. The highest BCUT2D eigenvalue weighted by atomic mass is 32.2. The molecule has 0 aliphatic carbocycles. The molecule has 280 valence electrons. The number of carbonyl (C=O) groups excluding carboxylic acids is 2. The Morgan fingerprint density at radius 3 is 2.26 bits per heavy atom. The molecule has 5 rings (SSSR count). The van der Waals surface area contributed by atoms with Gasteiger partial charge in [-0.3, -0.25) is 19.3 Å². The summed E-state index contributed by atoms with van der Waals surface area (Å²) in [5, 5.41) is 33.8. The Morgan fingerprint density at radius 2 is 1.66 bits per heavy atom. The van der Waals surface area contributed by atoms with Crippen LogP contribution in [0.1, 0.15) is 55.5 Å². The first-order valence-electron chi connectivity index (χ1n) is 16.7. The zero-order valence-corrected chi connectivity index (χ0v) is 30.5. The number of carbonyl (C=O) groups is 2. The Balaban J connectivity index is 1.45. The van der Waals surface area contributed by atoms with E-state index in [1.807, 2.05) is 30.3 Å². The van der Waals surface area contributed by atoms with Gasteiger partial charge in [-0.25, -0.2) is 18.0 Å². The number of aliphatic hydroxyl groups excluding tert-OH is 1. The van der Waals surface area contributed by atoms with Crippen molar-refractivity contribution < 1.29 is 47.4 Å². The van der Waals surface area contributed by atoms with Crippen molar-refractivity contribution >= 4 is 33.5 Å². The van der Waals surface area contributed by atoms with Gasteiger partial charge in [0.2, 0.25) is 0 Å². The second-order valence-electron chi connectivity index (χ2n) is 13.4. The predicted molar refractivity (Wildman–Crippen MR) is 194 cm³/mol. The van der Waals surface area contributed by atoms with Crippen LogP contribution in [0.3, 0.4) is 0 Å². The van der Waals surface area contributed by atoms with E-state index in [1.54, 1.807) is 45.0 Å². The highest BCUT2D eigenvalue weighted by Crippen LogP contribution is 2.39. The van der Waals surface area contributed by atoms with Gasteiger partial charge in [0.15, 0.2) is 0 Å². The van der Waals surface area contributed by atoms with E-state index in [-0.39, 0.29) is 42.2 Å². The largest absolute Gasteiger partial charge is 0.506 e. The van der Waals surface area contributed by atoms with E-state index in [9.17, 15) is 38.3 Å². The molecule has 4 aromatic rings. The number of anilines is 1. The third-order valence-electron chi connectivity index (χ3n) is 8.55. The fraction of sp³-hybridized carbons (Fsp3) is 0.316. The van der Waals surface area contributed by atoms with Crippen molar-refractivity contribution in [3.63, 3.8) is 0 Å². The van der Waals surface area contributed by atoms with Crippen LogP contribution in [-0.4, -0.2) is 65.8 Å². The van der Waals surface area contributed by atoms with E-state index in [0.29, 0.717) is 29.0 Å². The summed E-state index contributed by atoms with van der Waals surface area (Å²) in [6.45, 7) is 4.92. The number of hydrogen-bond acceptors (Lipinski definition) is 11. The maximum Gasteiger partial charge on any atom is 0.411 e. The lowest BCUT2D eigenvalue weighted by atomic mass is 9.93.